The average Bonchev–Trinajstić information content (AvgIpc) is 2.67. The first kappa shape index (κ1) is 17.5. The number of ether oxygens (including phenoxy) is 1. The van der Waals surface area contributed by atoms with Gasteiger partial charge in [0.1, 0.15) is 23.8 Å². The Balaban J connectivity index is 1.67. The number of hydrogen-bond donors (Lipinski definition) is 0. The number of rotatable bonds is 4. The molecule has 0 spiro atoms. The van der Waals surface area contributed by atoms with Crippen LogP contribution in [0.25, 0.3) is 22.1 Å². The van der Waals surface area contributed by atoms with Gasteiger partial charge >= 0.3 is 5.63 Å². The number of hydrogen-bond acceptors (Lipinski definition) is 3. The first-order valence-corrected chi connectivity index (χ1v) is 9.09. The van der Waals surface area contributed by atoms with E-state index in [1.165, 1.54) is 12.1 Å². The molecule has 5 heteroatoms. The van der Waals surface area contributed by atoms with Gasteiger partial charge in [-0.3, -0.25) is 0 Å². The van der Waals surface area contributed by atoms with E-state index >= 15 is 0 Å². The van der Waals surface area contributed by atoms with Gasteiger partial charge in [0, 0.05) is 27.6 Å². The summed E-state index contributed by atoms with van der Waals surface area (Å²) in [7, 11) is 0. The predicted octanol–water partition coefficient (Wildman–Crippen LogP) is 5.94. The predicted molar refractivity (Wildman–Crippen MR) is 106 cm³/mol. The van der Waals surface area contributed by atoms with Crippen LogP contribution in [-0.4, -0.2) is 0 Å². The molecule has 0 saturated heterocycles. The molecular formula is C22H14BrFO3. The molecule has 0 bridgehead atoms. The lowest BCUT2D eigenvalue weighted by molar-refractivity contribution is 0.299. The highest BCUT2D eigenvalue weighted by molar-refractivity contribution is 9.10. The lowest BCUT2D eigenvalue weighted by atomic mass is 10.0. The maximum absolute atomic E-state index is 13.9. The van der Waals surface area contributed by atoms with E-state index in [0.717, 1.165) is 16.5 Å². The summed E-state index contributed by atoms with van der Waals surface area (Å²) in [6.45, 7) is 0.0766. The van der Waals surface area contributed by atoms with Gasteiger partial charge < -0.3 is 9.15 Å². The smallest absolute Gasteiger partial charge is 0.336 e. The van der Waals surface area contributed by atoms with Crippen molar-refractivity contribution >= 4 is 26.9 Å². The summed E-state index contributed by atoms with van der Waals surface area (Å²) in [5.41, 5.74) is 2.17. The number of fused-ring (bicyclic) bond motifs is 1. The second-order valence-electron chi connectivity index (χ2n) is 6.03. The second kappa shape index (κ2) is 7.37. The third-order valence-corrected chi connectivity index (χ3v) is 4.70. The van der Waals surface area contributed by atoms with Crippen molar-refractivity contribution in [2.45, 2.75) is 6.61 Å². The van der Waals surface area contributed by atoms with E-state index < -0.39 is 5.63 Å². The summed E-state index contributed by atoms with van der Waals surface area (Å²) in [5.74, 6) is 0.154. The highest BCUT2D eigenvalue weighted by Gasteiger charge is 2.10. The van der Waals surface area contributed by atoms with Crippen LogP contribution in [0.5, 0.6) is 5.75 Å². The van der Waals surface area contributed by atoms with Crippen LogP contribution in [0, 0.1) is 5.82 Å². The van der Waals surface area contributed by atoms with Crippen molar-refractivity contribution in [2.75, 3.05) is 0 Å². The average molecular weight is 425 g/mol. The molecule has 0 aliphatic rings. The molecule has 0 fully saturated rings. The van der Waals surface area contributed by atoms with Gasteiger partial charge in [0.05, 0.1) is 0 Å². The van der Waals surface area contributed by atoms with Gasteiger partial charge in [0.15, 0.2) is 0 Å². The van der Waals surface area contributed by atoms with Gasteiger partial charge in [-0.1, -0.05) is 52.3 Å². The Hall–Kier alpha value is -2.92. The van der Waals surface area contributed by atoms with Crippen LogP contribution in [0.2, 0.25) is 0 Å². The van der Waals surface area contributed by atoms with Crippen LogP contribution >= 0.6 is 15.9 Å². The molecule has 1 heterocycles. The molecule has 0 aliphatic carbocycles. The van der Waals surface area contributed by atoms with Crippen molar-refractivity contribution in [1.82, 2.24) is 0 Å². The summed E-state index contributed by atoms with van der Waals surface area (Å²) >= 11 is 3.23. The van der Waals surface area contributed by atoms with E-state index in [1.54, 1.807) is 24.3 Å². The molecule has 0 unspecified atom stereocenters. The molecule has 0 radical (unpaired) electrons. The Morgan fingerprint density at radius 2 is 1.78 bits per heavy atom. The van der Waals surface area contributed by atoms with Gasteiger partial charge in [-0.05, 0) is 35.4 Å². The number of halogens is 2. The quantitative estimate of drug-likeness (QED) is 0.380. The molecule has 0 N–H and O–H groups in total. The SMILES string of the molecule is O=c1cc(-c2ccccc2)c2ccc(OCc3ccc(Br)cc3F)cc2o1. The maximum Gasteiger partial charge on any atom is 0.336 e. The first-order valence-electron chi connectivity index (χ1n) is 8.30. The van der Waals surface area contributed by atoms with Crippen molar-refractivity contribution in [3.63, 3.8) is 0 Å². The zero-order valence-electron chi connectivity index (χ0n) is 14.1. The van der Waals surface area contributed by atoms with Crippen molar-refractivity contribution in [3.05, 3.63) is 99.1 Å². The molecule has 134 valence electrons. The fourth-order valence-electron chi connectivity index (χ4n) is 2.89. The minimum absolute atomic E-state index is 0.0766. The van der Waals surface area contributed by atoms with E-state index in [9.17, 15) is 9.18 Å². The van der Waals surface area contributed by atoms with Crippen LogP contribution in [0.1, 0.15) is 5.56 Å². The molecule has 27 heavy (non-hydrogen) atoms. The highest BCUT2D eigenvalue weighted by atomic mass is 79.9. The van der Waals surface area contributed by atoms with Gasteiger partial charge in [0.25, 0.3) is 0 Å². The minimum Gasteiger partial charge on any atom is -0.489 e. The Kier molecular flexibility index (Phi) is 4.77. The lowest BCUT2D eigenvalue weighted by Gasteiger charge is -2.10. The van der Waals surface area contributed by atoms with Crippen molar-refractivity contribution < 1.29 is 13.5 Å². The topological polar surface area (TPSA) is 39.4 Å². The zero-order valence-corrected chi connectivity index (χ0v) is 15.7. The summed E-state index contributed by atoms with van der Waals surface area (Å²) < 4.78 is 25.6. The van der Waals surface area contributed by atoms with E-state index in [1.807, 2.05) is 36.4 Å². The molecule has 0 amide bonds. The van der Waals surface area contributed by atoms with E-state index in [4.69, 9.17) is 9.15 Å². The summed E-state index contributed by atoms with van der Waals surface area (Å²) in [6.07, 6.45) is 0. The van der Waals surface area contributed by atoms with Crippen molar-refractivity contribution in [2.24, 2.45) is 0 Å². The summed E-state index contributed by atoms with van der Waals surface area (Å²) in [4.78, 5) is 12.0. The summed E-state index contributed by atoms with van der Waals surface area (Å²) in [5, 5.41) is 0.808. The molecule has 3 nitrogen and oxygen atoms in total. The molecule has 0 atom stereocenters. The normalized spacial score (nSPS) is 10.9. The molecule has 4 aromatic rings. The standard InChI is InChI=1S/C22H14BrFO3/c23-16-7-6-15(20(24)10-16)13-26-17-8-9-18-19(14-4-2-1-3-5-14)12-22(25)27-21(18)11-17/h1-12H,13H2. The first-order chi connectivity index (χ1) is 13.1. The van der Waals surface area contributed by atoms with Gasteiger partial charge in [-0.2, -0.15) is 0 Å². The van der Waals surface area contributed by atoms with Crippen LogP contribution in [-0.2, 0) is 6.61 Å². The maximum atomic E-state index is 13.9. The largest absolute Gasteiger partial charge is 0.489 e. The van der Waals surface area contributed by atoms with E-state index in [-0.39, 0.29) is 12.4 Å². The van der Waals surface area contributed by atoms with Crippen molar-refractivity contribution in [3.8, 4) is 16.9 Å². The monoisotopic (exact) mass is 424 g/mol. The van der Waals surface area contributed by atoms with Crippen LogP contribution in [0.3, 0.4) is 0 Å². The molecule has 0 aliphatic heterocycles. The van der Waals surface area contributed by atoms with Crippen LogP contribution in [0.15, 0.2) is 86.5 Å². The van der Waals surface area contributed by atoms with E-state index in [2.05, 4.69) is 15.9 Å². The third-order valence-electron chi connectivity index (χ3n) is 4.21. The molecule has 3 aromatic carbocycles. The van der Waals surface area contributed by atoms with Crippen LogP contribution < -0.4 is 10.4 Å². The fourth-order valence-corrected chi connectivity index (χ4v) is 3.22. The van der Waals surface area contributed by atoms with E-state index in [0.29, 0.717) is 21.4 Å². The van der Waals surface area contributed by atoms with Gasteiger partial charge in [0.2, 0.25) is 0 Å². The van der Waals surface area contributed by atoms with Crippen LogP contribution in [0.4, 0.5) is 4.39 Å². The van der Waals surface area contributed by atoms with Crippen molar-refractivity contribution in [1.29, 1.82) is 0 Å². The number of benzene rings is 3. The Labute approximate surface area is 163 Å². The Morgan fingerprint density at radius 1 is 0.963 bits per heavy atom. The minimum atomic E-state index is -0.433. The summed E-state index contributed by atoms with van der Waals surface area (Å²) in [6, 6.07) is 21.2. The van der Waals surface area contributed by atoms with Gasteiger partial charge in [-0.25, -0.2) is 9.18 Å². The Morgan fingerprint density at radius 3 is 2.56 bits per heavy atom. The third kappa shape index (κ3) is 3.78. The lowest BCUT2D eigenvalue weighted by Crippen LogP contribution is -2.00. The van der Waals surface area contributed by atoms with Gasteiger partial charge in [-0.15, -0.1) is 0 Å². The fraction of sp³-hybridized carbons (Fsp3) is 0.0455. The molecule has 4 rings (SSSR count). The molecule has 1 aromatic heterocycles. The Bertz CT molecular complexity index is 1170. The zero-order chi connectivity index (χ0) is 18.8. The molecule has 0 saturated carbocycles. The highest BCUT2D eigenvalue weighted by Crippen LogP contribution is 2.30. The molecular weight excluding hydrogens is 411 g/mol. The second-order valence-corrected chi connectivity index (χ2v) is 6.94.